The van der Waals surface area contributed by atoms with Gasteiger partial charge in [0.25, 0.3) is 0 Å². The lowest BCUT2D eigenvalue weighted by molar-refractivity contribution is 0.0511. The van der Waals surface area contributed by atoms with Crippen LogP contribution in [0.2, 0.25) is 0 Å². The summed E-state index contributed by atoms with van der Waals surface area (Å²) in [4.78, 5) is 11.7. The average molecular weight is 271 g/mol. The molecule has 0 bridgehead atoms. The summed E-state index contributed by atoms with van der Waals surface area (Å²) in [6, 6.07) is 7.39. The maximum absolute atomic E-state index is 11.7. The van der Waals surface area contributed by atoms with Crippen LogP contribution in [0.5, 0.6) is 0 Å². The summed E-state index contributed by atoms with van der Waals surface area (Å²) in [6.45, 7) is 4.15. The molecule has 0 spiro atoms. The molecule has 0 aliphatic carbocycles. The molecule has 1 aromatic carbocycles. The molecule has 0 aliphatic rings. The first-order chi connectivity index (χ1) is 7.15. The van der Waals surface area contributed by atoms with Gasteiger partial charge in [-0.25, -0.2) is 0 Å². The van der Waals surface area contributed by atoms with Gasteiger partial charge in [-0.1, -0.05) is 41.1 Å². The maximum atomic E-state index is 11.7. The van der Waals surface area contributed by atoms with Crippen molar-refractivity contribution in [2.75, 3.05) is 6.61 Å². The Labute approximate surface area is 98.8 Å². The van der Waals surface area contributed by atoms with Gasteiger partial charge >= 0.3 is 0 Å². The topological polar surface area (TPSA) is 26.3 Å². The second-order valence-corrected chi connectivity index (χ2v) is 4.29. The standard InChI is InChI=1S/C12H15BrO2/c1-3-9(2)15-8-12(14)10-6-4-5-7-11(10)13/h4-7,9H,3,8H2,1-2H3. The first-order valence-corrected chi connectivity index (χ1v) is 5.83. The van der Waals surface area contributed by atoms with Gasteiger partial charge in [0, 0.05) is 10.0 Å². The van der Waals surface area contributed by atoms with E-state index in [1.807, 2.05) is 32.0 Å². The van der Waals surface area contributed by atoms with E-state index in [-0.39, 0.29) is 18.5 Å². The van der Waals surface area contributed by atoms with Crippen molar-refractivity contribution in [3.8, 4) is 0 Å². The molecule has 82 valence electrons. The van der Waals surface area contributed by atoms with E-state index in [0.717, 1.165) is 10.9 Å². The Kier molecular flexibility index (Phi) is 4.99. The van der Waals surface area contributed by atoms with Gasteiger partial charge in [0.05, 0.1) is 6.10 Å². The third-order valence-electron chi connectivity index (χ3n) is 2.25. The molecule has 0 N–H and O–H groups in total. The number of benzene rings is 1. The van der Waals surface area contributed by atoms with Crippen molar-refractivity contribution in [2.24, 2.45) is 0 Å². The van der Waals surface area contributed by atoms with E-state index >= 15 is 0 Å². The number of carbonyl (C=O) groups is 1. The number of halogens is 1. The normalized spacial score (nSPS) is 12.5. The molecule has 0 amide bonds. The summed E-state index contributed by atoms with van der Waals surface area (Å²) >= 11 is 3.34. The molecule has 2 nitrogen and oxygen atoms in total. The lowest BCUT2D eigenvalue weighted by Gasteiger charge is -2.10. The Bertz CT molecular complexity index is 336. The van der Waals surface area contributed by atoms with Crippen molar-refractivity contribution >= 4 is 21.7 Å². The second kappa shape index (κ2) is 6.03. The lowest BCUT2D eigenvalue weighted by atomic mass is 10.1. The fraction of sp³-hybridized carbons (Fsp3) is 0.417. The van der Waals surface area contributed by atoms with Gasteiger partial charge in [0.1, 0.15) is 6.61 Å². The Balaban J connectivity index is 2.58. The molecule has 1 unspecified atom stereocenters. The van der Waals surface area contributed by atoms with Crippen LogP contribution < -0.4 is 0 Å². The number of hydrogen-bond donors (Lipinski definition) is 0. The quantitative estimate of drug-likeness (QED) is 0.767. The third-order valence-corrected chi connectivity index (χ3v) is 2.94. The molecule has 0 aliphatic heterocycles. The molecule has 1 atom stereocenters. The minimum Gasteiger partial charge on any atom is -0.370 e. The Morgan fingerprint density at radius 2 is 2.13 bits per heavy atom. The van der Waals surface area contributed by atoms with Gasteiger partial charge in [-0.05, 0) is 19.4 Å². The summed E-state index contributed by atoms with van der Waals surface area (Å²) in [5.74, 6) is 0.0165. The van der Waals surface area contributed by atoms with Crippen molar-refractivity contribution in [3.05, 3.63) is 34.3 Å². The van der Waals surface area contributed by atoms with Crippen molar-refractivity contribution in [3.63, 3.8) is 0 Å². The third kappa shape index (κ3) is 3.76. The summed E-state index contributed by atoms with van der Waals surface area (Å²) in [5.41, 5.74) is 0.681. The van der Waals surface area contributed by atoms with Crippen LogP contribution in [0.25, 0.3) is 0 Å². The predicted octanol–water partition coefficient (Wildman–Crippen LogP) is 3.45. The van der Waals surface area contributed by atoms with Gasteiger partial charge in [0.15, 0.2) is 5.78 Å². The summed E-state index contributed by atoms with van der Waals surface area (Å²) in [5, 5.41) is 0. The molecule has 0 radical (unpaired) electrons. The van der Waals surface area contributed by atoms with E-state index in [4.69, 9.17) is 4.74 Å². The number of Topliss-reactive ketones (excluding diaryl/α,β-unsaturated/α-hetero) is 1. The first-order valence-electron chi connectivity index (χ1n) is 5.04. The fourth-order valence-corrected chi connectivity index (χ4v) is 1.61. The van der Waals surface area contributed by atoms with Crippen LogP contribution in [-0.2, 0) is 4.74 Å². The maximum Gasteiger partial charge on any atom is 0.189 e. The van der Waals surface area contributed by atoms with Crippen molar-refractivity contribution in [1.29, 1.82) is 0 Å². The van der Waals surface area contributed by atoms with Crippen LogP contribution >= 0.6 is 15.9 Å². The zero-order valence-corrected chi connectivity index (χ0v) is 10.6. The van der Waals surface area contributed by atoms with Crippen molar-refractivity contribution in [1.82, 2.24) is 0 Å². The van der Waals surface area contributed by atoms with E-state index in [9.17, 15) is 4.79 Å². The second-order valence-electron chi connectivity index (χ2n) is 3.43. The van der Waals surface area contributed by atoms with Crippen LogP contribution in [0.1, 0.15) is 30.6 Å². The van der Waals surface area contributed by atoms with Gasteiger partial charge in [-0.15, -0.1) is 0 Å². The SMILES string of the molecule is CCC(C)OCC(=O)c1ccccc1Br. The highest BCUT2D eigenvalue weighted by atomic mass is 79.9. The minimum absolute atomic E-state index is 0.0165. The van der Waals surface area contributed by atoms with E-state index < -0.39 is 0 Å². The summed E-state index contributed by atoms with van der Waals surface area (Å²) in [6.07, 6.45) is 1.06. The average Bonchev–Trinajstić information content (AvgIpc) is 2.26. The van der Waals surface area contributed by atoms with Crippen LogP contribution in [0, 0.1) is 0 Å². The van der Waals surface area contributed by atoms with E-state index in [2.05, 4.69) is 15.9 Å². The van der Waals surface area contributed by atoms with Gasteiger partial charge in [-0.3, -0.25) is 4.79 Å². The summed E-state index contributed by atoms with van der Waals surface area (Å²) < 4.78 is 6.21. The Morgan fingerprint density at radius 3 is 2.73 bits per heavy atom. The molecule has 15 heavy (non-hydrogen) atoms. The zero-order chi connectivity index (χ0) is 11.3. The first kappa shape index (κ1) is 12.4. The number of ether oxygens (including phenoxy) is 1. The van der Waals surface area contributed by atoms with Gasteiger partial charge in [0.2, 0.25) is 0 Å². The molecule has 0 heterocycles. The predicted molar refractivity (Wildman–Crippen MR) is 64.2 cm³/mol. The largest absolute Gasteiger partial charge is 0.370 e. The Morgan fingerprint density at radius 1 is 1.47 bits per heavy atom. The Hall–Kier alpha value is -0.670. The molecule has 3 heteroatoms. The fourth-order valence-electron chi connectivity index (χ4n) is 1.10. The molecule has 0 saturated carbocycles. The molecule has 1 aromatic rings. The number of hydrogen-bond acceptors (Lipinski definition) is 2. The van der Waals surface area contributed by atoms with Crippen LogP contribution in [-0.4, -0.2) is 18.5 Å². The van der Waals surface area contributed by atoms with E-state index in [1.165, 1.54) is 0 Å². The molecule has 0 saturated heterocycles. The van der Waals surface area contributed by atoms with Crippen LogP contribution in [0.3, 0.4) is 0 Å². The van der Waals surface area contributed by atoms with Crippen LogP contribution in [0.15, 0.2) is 28.7 Å². The highest BCUT2D eigenvalue weighted by Gasteiger charge is 2.10. The lowest BCUT2D eigenvalue weighted by Crippen LogP contribution is -2.15. The smallest absolute Gasteiger partial charge is 0.189 e. The van der Waals surface area contributed by atoms with Gasteiger partial charge in [-0.2, -0.15) is 0 Å². The molecule has 0 aromatic heterocycles. The number of rotatable bonds is 5. The number of ketones is 1. The van der Waals surface area contributed by atoms with Gasteiger partial charge < -0.3 is 4.74 Å². The van der Waals surface area contributed by atoms with Crippen molar-refractivity contribution in [2.45, 2.75) is 26.4 Å². The van der Waals surface area contributed by atoms with E-state index in [0.29, 0.717) is 5.56 Å². The van der Waals surface area contributed by atoms with Crippen molar-refractivity contribution < 1.29 is 9.53 Å². The minimum atomic E-state index is 0.0165. The highest BCUT2D eigenvalue weighted by molar-refractivity contribution is 9.10. The molecule has 1 rings (SSSR count). The molecular formula is C12H15BrO2. The summed E-state index contributed by atoms with van der Waals surface area (Å²) in [7, 11) is 0. The number of carbonyl (C=O) groups excluding carboxylic acids is 1. The monoisotopic (exact) mass is 270 g/mol. The molecule has 0 fully saturated rings. The molecular weight excluding hydrogens is 256 g/mol. The highest BCUT2D eigenvalue weighted by Crippen LogP contribution is 2.16. The zero-order valence-electron chi connectivity index (χ0n) is 9.00. The van der Waals surface area contributed by atoms with E-state index in [1.54, 1.807) is 6.07 Å². The van der Waals surface area contributed by atoms with Crippen LogP contribution in [0.4, 0.5) is 0 Å².